The quantitative estimate of drug-likeness (QED) is 0.208. The summed E-state index contributed by atoms with van der Waals surface area (Å²) in [5, 5.41) is 14.6. The molecule has 0 spiro atoms. The van der Waals surface area contributed by atoms with Gasteiger partial charge in [0.25, 0.3) is 5.91 Å². The largest absolute Gasteiger partial charge is 0.494 e. The number of nitrogens with zero attached hydrogens (tertiary/aromatic N) is 4. The maximum absolute atomic E-state index is 13.3. The van der Waals surface area contributed by atoms with E-state index in [0.29, 0.717) is 24.6 Å². The summed E-state index contributed by atoms with van der Waals surface area (Å²) in [5.41, 5.74) is 2.91. The molecule has 2 aromatic heterocycles. The number of hydrogen-bond donors (Lipinski definition) is 3. The molecule has 1 amide bonds. The van der Waals surface area contributed by atoms with E-state index in [1.165, 1.54) is 0 Å². The van der Waals surface area contributed by atoms with E-state index in [0.717, 1.165) is 60.7 Å². The molecule has 1 saturated heterocycles. The number of carbonyl (C=O) groups excluding carboxylic acids is 1. The second-order valence-corrected chi connectivity index (χ2v) is 10.8. The van der Waals surface area contributed by atoms with Crippen LogP contribution in [0.4, 0.5) is 5.69 Å². The lowest BCUT2D eigenvalue weighted by atomic mass is 9.86. The molecule has 1 aliphatic heterocycles. The number of methoxy groups -OCH3 is 1. The Morgan fingerprint density at radius 1 is 1.07 bits per heavy atom. The Kier molecular flexibility index (Phi) is 9.45. The summed E-state index contributed by atoms with van der Waals surface area (Å²) < 4.78 is 10.8. The molecule has 4 aromatic rings. The second-order valence-electron chi connectivity index (χ2n) is 10.8. The number of hydrogen-bond acceptors (Lipinski definition) is 8. The summed E-state index contributed by atoms with van der Waals surface area (Å²) in [6, 6.07) is 19.1. The lowest BCUT2D eigenvalue weighted by Crippen LogP contribution is -2.46. The highest BCUT2D eigenvalue weighted by atomic mass is 16.5. The third kappa shape index (κ3) is 7.13. The molecular formula is C32H39N7O3. The van der Waals surface area contributed by atoms with E-state index in [2.05, 4.69) is 37.8 Å². The van der Waals surface area contributed by atoms with Gasteiger partial charge < -0.3 is 25.0 Å². The number of amides is 1. The Morgan fingerprint density at radius 3 is 2.57 bits per heavy atom. The molecule has 0 radical (unpaired) electrons. The van der Waals surface area contributed by atoms with Gasteiger partial charge in [-0.2, -0.15) is 5.10 Å². The fourth-order valence-corrected chi connectivity index (χ4v) is 5.15. The molecule has 2 aromatic carbocycles. The SMILES string of the molecule is COCCCOc1ccc([C@H](C)NC(=O)c2cccc(NC3(c4nc(-c5ccncc5)n[nH]4)CCN(C)CC3)c2)cc1. The Labute approximate surface area is 246 Å². The monoisotopic (exact) mass is 569 g/mol. The van der Waals surface area contributed by atoms with Crippen molar-refractivity contribution in [1.29, 1.82) is 0 Å². The summed E-state index contributed by atoms with van der Waals surface area (Å²) in [4.78, 5) is 24.6. The topological polar surface area (TPSA) is 117 Å². The standard InChI is InChI=1S/C32H39N7O3/c1-23(24-8-10-28(11-9-24)42-21-5-20-41-3)34-30(40)26-6-4-7-27(22-26)36-32(14-18-39(2)19-15-32)31-35-29(37-38-31)25-12-16-33-17-13-25/h4,6-13,16-17,22-23,36H,5,14-15,18-21H2,1-3H3,(H,34,40)(H,35,37,38)/t23-/m0/s1. The Hall–Kier alpha value is -4.28. The first-order valence-corrected chi connectivity index (χ1v) is 14.4. The van der Waals surface area contributed by atoms with Crippen LogP contribution in [-0.2, 0) is 10.3 Å². The molecule has 10 heteroatoms. The van der Waals surface area contributed by atoms with Gasteiger partial charge >= 0.3 is 0 Å². The van der Waals surface area contributed by atoms with Gasteiger partial charge in [-0.3, -0.25) is 14.9 Å². The van der Waals surface area contributed by atoms with E-state index in [1.54, 1.807) is 19.5 Å². The molecule has 1 atom stereocenters. The van der Waals surface area contributed by atoms with Crippen LogP contribution >= 0.6 is 0 Å². The van der Waals surface area contributed by atoms with E-state index >= 15 is 0 Å². The third-order valence-corrected chi connectivity index (χ3v) is 7.72. The molecule has 5 rings (SSSR count). The number of H-pyrrole nitrogens is 1. The van der Waals surface area contributed by atoms with Crippen LogP contribution in [0.3, 0.4) is 0 Å². The van der Waals surface area contributed by atoms with Gasteiger partial charge in [-0.15, -0.1) is 0 Å². The highest BCUT2D eigenvalue weighted by Gasteiger charge is 2.39. The molecular weight excluding hydrogens is 530 g/mol. The van der Waals surface area contributed by atoms with Crippen molar-refractivity contribution in [2.75, 3.05) is 45.8 Å². The number of rotatable bonds is 12. The van der Waals surface area contributed by atoms with Gasteiger partial charge in [0, 0.05) is 62.4 Å². The number of nitrogens with one attached hydrogen (secondary N) is 3. The molecule has 3 N–H and O–H groups in total. The number of pyridine rings is 1. The zero-order valence-electron chi connectivity index (χ0n) is 24.5. The number of aromatic amines is 1. The van der Waals surface area contributed by atoms with Crippen LogP contribution in [0.25, 0.3) is 11.4 Å². The van der Waals surface area contributed by atoms with Crippen molar-refractivity contribution in [3.8, 4) is 17.1 Å². The molecule has 1 aliphatic rings. The van der Waals surface area contributed by atoms with Crippen LogP contribution in [0.1, 0.15) is 54.0 Å². The van der Waals surface area contributed by atoms with Crippen LogP contribution < -0.4 is 15.4 Å². The van der Waals surface area contributed by atoms with Crippen molar-refractivity contribution < 1.29 is 14.3 Å². The molecule has 220 valence electrons. The van der Waals surface area contributed by atoms with Gasteiger partial charge in [-0.1, -0.05) is 18.2 Å². The van der Waals surface area contributed by atoms with Gasteiger partial charge in [-0.05, 0) is 74.8 Å². The van der Waals surface area contributed by atoms with Gasteiger partial charge in [0.1, 0.15) is 5.75 Å². The molecule has 1 fully saturated rings. The number of ether oxygens (including phenoxy) is 2. The Balaban J connectivity index is 1.27. The molecule has 0 bridgehead atoms. The van der Waals surface area contributed by atoms with Gasteiger partial charge in [0.05, 0.1) is 18.2 Å². The smallest absolute Gasteiger partial charge is 0.251 e. The van der Waals surface area contributed by atoms with Crippen molar-refractivity contribution in [3.63, 3.8) is 0 Å². The highest BCUT2D eigenvalue weighted by Crippen LogP contribution is 2.35. The molecule has 0 aliphatic carbocycles. The number of anilines is 1. The highest BCUT2D eigenvalue weighted by molar-refractivity contribution is 5.95. The number of likely N-dealkylation sites (tertiary alicyclic amines) is 1. The molecule has 3 heterocycles. The maximum Gasteiger partial charge on any atom is 0.251 e. The first kappa shape index (κ1) is 29.2. The fourth-order valence-electron chi connectivity index (χ4n) is 5.15. The van der Waals surface area contributed by atoms with Crippen molar-refractivity contribution in [3.05, 3.63) is 90.0 Å². The number of benzene rings is 2. The van der Waals surface area contributed by atoms with Crippen LogP contribution in [0.2, 0.25) is 0 Å². The van der Waals surface area contributed by atoms with E-state index in [9.17, 15) is 4.79 Å². The van der Waals surface area contributed by atoms with E-state index in [1.807, 2.05) is 67.6 Å². The van der Waals surface area contributed by atoms with E-state index in [4.69, 9.17) is 14.5 Å². The van der Waals surface area contributed by atoms with E-state index < -0.39 is 5.54 Å². The Morgan fingerprint density at radius 2 is 1.83 bits per heavy atom. The fraction of sp³-hybridized carbons (Fsp3) is 0.375. The predicted octanol–water partition coefficient (Wildman–Crippen LogP) is 4.81. The number of piperidine rings is 1. The minimum Gasteiger partial charge on any atom is -0.494 e. The Bertz CT molecular complexity index is 1430. The molecule has 42 heavy (non-hydrogen) atoms. The summed E-state index contributed by atoms with van der Waals surface area (Å²) in [6.07, 6.45) is 5.99. The zero-order valence-corrected chi connectivity index (χ0v) is 24.5. The lowest BCUT2D eigenvalue weighted by molar-refractivity contribution is 0.0940. The van der Waals surface area contributed by atoms with Crippen LogP contribution in [0.15, 0.2) is 73.1 Å². The summed E-state index contributed by atoms with van der Waals surface area (Å²) in [7, 11) is 3.81. The molecule has 0 saturated carbocycles. The van der Waals surface area contributed by atoms with Gasteiger partial charge in [-0.25, -0.2) is 4.98 Å². The third-order valence-electron chi connectivity index (χ3n) is 7.72. The number of aromatic nitrogens is 4. The minimum absolute atomic E-state index is 0.136. The zero-order chi connectivity index (χ0) is 29.4. The first-order valence-electron chi connectivity index (χ1n) is 14.4. The van der Waals surface area contributed by atoms with Crippen LogP contribution in [0.5, 0.6) is 5.75 Å². The lowest BCUT2D eigenvalue weighted by Gasteiger charge is -2.40. The van der Waals surface area contributed by atoms with Crippen molar-refractivity contribution in [2.45, 2.75) is 37.8 Å². The summed E-state index contributed by atoms with van der Waals surface area (Å²) >= 11 is 0. The molecule has 10 nitrogen and oxygen atoms in total. The predicted molar refractivity (Wildman–Crippen MR) is 162 cm³/mol. The minimum atomic E-state index is -0.444. The molecule has 0 unspecified atom stereocenters. The van der Waals surface area contributed by atoms with Crippen molar-refractivity contribution in [1.82, 2.24) is 30.4 Å². The first-order chi connectivity index (χ1) is 20.5. The van der Waals surface area contributed by atoms with Crippen molar-refractivity contribution in [2.24, 2.45) is 0 Å². The summed E-state index contributed by atoms with van der Waals surface area (Å²) in [5.74, 6) is 2.09. The normalized spacial score (nSPS) is 15.6. The summed E-state index contributed by atoms with van der Waals surface area (Å²) in [6.45, 7) is 5.07. The van der Waals surface area contributed by atoms with Gasteiger partial charge in [0.15, 0.2) is 11.6 Å². The van der Waals surface area contributed by atoms with Crippen molar-refractivity contribution >= 4 is 11.6 Å². The number of carbonyl (C=O) groups is 1. The van der Waals surface area contributed by atoms with Crippen LogP contribution in [0, 0.1) is 0 Å². The average Bonchev–Trinajstić information content (AvgIpc) is 3.53. The van der Waals surface area contributed by atoms with Gasteiger partial charge in [0.2, 0.25) is 0 Å². The van der Waals surface area contributed by atoms with E-state index in [-0.39, 0.29) is 11.9 Å². The average molecular weight is 570 g/mol. The second kappa shape index (κ2) is 13.6. The maximum atomic E-state index is 13.3. The van der Waals surface area contributed by atoms with Crippen LogP contribution in [-0.4, -0.2) is 71.4 Å².